The molecule has 20 heavy (non-hydrogen) atoms. The van der Waals surface area contributed by atoms with Crippen molar-refractivity contribution in [2.45, 2.75) is 38.8 Å². The molecule has 2 amide bonds. The number of rotatable bonds is 5. The van der Waals surface area contributed by atoms with E-state index >= 15 is 0 Å². The van der Waals surface area contributed by atoms with Crippen molar-refractivity contribution in [1.29, 1.82) is 0 Å². The monoisotopic (exact) mass is 285 g/mol. The van der Waals surface area contributed by atoms with Gasteiger partial charge in [-0.15, -0.1) is 0 Å². The molecule has 7 nitrogen and oxygen atoms in total. The van der Waals surface area contributed by atoms with Gasteiger partial charge in [0.05, 0.1) is 7.11 Å². The van der Waals surface area contributed by atoms with Crippen LogP contribution in [0.15, 0.2) is 0 Å². The lowest BCUT2D eigenvalue weighted by Crippen LogP contribution is -2.52. The van der Waals surface area contributed by atoms with E-state index in [0.29, 0.717) is 6.54 Å². The van der Waals surface area contributed by atoms with Crippen LogP contribution < -0.4 is 10.6 Å². The number of piperidine rings is 1. The molecule has 0 aromatic rings. The van der Waals surface area contributed by atoms with Gasteiger partial charge in [0.1, 0.15) is 6.04 Å². The molecule has 0 radical (unpaired) electrons. The van der Waals surface area contributed by atoms with E-state index in [0.717, 1.165) is 25.9 Å². The number of esters is 1. The summed E-state index contributed by atoms with van der Waals surface area (Å²) in [6.45, 7) is 4.87. The first-order valence-corrected chi connectivity index (χ1v) is 6.76. The van der Waals surface area contributed by atoms with Crippen molar-refractivity contribution in [3.05, 3.63) is 0 Å². The largest absolute Gasteiger partial charge is 0.467 e. The molecule has 1 heterocycles. The van der Waals surface area contributed by atoms with Gasteiger partial charge in [-0.2, -0.15) is 0 Å². The predicted octanol–water partition coefficient (Wildman–Crippen LogP) is -0.735. The van der Waals surface area contributed by atoms with Gasteiger partial charge in [0, 0.05) is 39.5 Å². The fourth-order valence-corrected chi connectivity index (χ4v) is 2.37. The van der Waals surface area contributed by atoms with Crippen LogP contribution in [0.25, 0.3) is 0 Å². The third kappa shape index (κ3) is 5.56. The summed E-state index contributed by atoms with van der Waals surface area (Å²) in [7, 11) is 1.31. The van der Waals surface area contributed by atoms with Crippen LogP contribution in [0, 0.1) is 0 Å². The summed E-state index contributed by atoms with van der Waals surface area (Å²) in [6, 6.07) is -0.448. The van der Waals surface area contributed by atoms with Crippen molar-refractivity contribution in [1.82, 2.24) is 15.5 Å². The van der Waals surface area contributed by atoms with E-state index in [9.17, 15) is 14.4 Å². The Kier molecular flexibility index (Phi) is 6.44. The number of carbonyl (C=O) groups is 3. The molecule has 0 spiro atoms. The second-order valence-electron chi connectivity index (χ2n) is 5.05. The molecule has 1 unspecified atom stereocenters. The first kappa shape index (κ1) is 16.4. The van der Waals surface area contributed by atoms with Crippen LogP contribution in [-0.2, 0) is 19.1 Å². The van der Waals surface area contributed by atoms with E-state index in [2.05, 4.69) is 15.5 Å². The van der Waals surface area contributed by atoms with Gasteiger partial charge in [-0.1, -0.05) is 0 Å². The number of methoxy groups -OCH3 is 1. The molecule has 1 rings (SSSR count). The summed E-state index contributed by atoms with van der Waals surface area (Å²) < 4.78 is 4.69. The number of ether oxygens (including phenoxy) is 1. The first-order valence-electron chi connectivity index (χ1n) is 6.76. The number of hydrogen-bond donors (Lipinski definition) is 2. The van der Waals surface area contributed by atoms with Crippen molar-refractivity contribution in [3.8, 4) is 0 Å². The van der Waals surface area contributed by atoms with Crippen LogP contribution in [0.4, 0.5) is 0 Å². The fourth-order valence-electron chi connectivity index (χ4n) is 2.37. The van der Waals surface area contributed by atoms with Crippen molar-refractivity contribution in [3.63, 3.8) is 0 Å². The van der Waals surface area contributed by atoms with Crippen LogP contribution in [0.2, 0.25) is 0 Å². The van der Waals surface area contributed by atoms with Crippen molar-refractivity contribution in [2.24, 2.45) is 0 Å². The molecule has 0 aromatic carbocycles. The van der Waals surface area contributed by atoms with Gasteiger partial charge in [0.15, 0.2) is 0 Å². The molecular formula is C13H23N3O4. The number of carbonyl (C=O) groups excluding carboxylic acids is 3. The molecule has 1 fully saturated rings. The summed E-state index contributed by atoms with van der Waals surface area (Å²) in [6.07, 6.45) is 1.68. The zero-order chi connectivity index (χ0) is 15.1. The Balaban J connectivity index is 2.44. The number of hydrogen-bond acceptors (Lipinski definition) is 5. The molecule has 1 saturated heterocycles. The number of amides is 2. The minimum absolute atomic E-state index is 0.0193. The first-order chi connectivity index (χ1) is 9.42. The van der Waals surface area contributed by atoms with E-state index in [1.165, 1.54) is 21.0 Å². The molecule has 0 saturated carbocycles. The van der Waals surface area contributed by atoms with Gasteiger partial charge in [-0.25, -0.2) is 4.79 Å². The molecule has 0 bridgehead atoms. The molecule has 2 N–H and O–H groups in total. The molecule has 0 aliphatic carbocycles. The normalized spacial score (nSPS) is 18.1. The van der Waals surface area contributed by atoms with Gasteiger partial charge >= 0.3 is 5.97 Å². The van der Waals surface area contributed by atoms with E-state index in [4.69, 9.17) is 4.74 Å². The van der Waals surface area contributed by atoms with Crippen LogP contribution in [0.3, 0.4) is 0 Å². The highest BCUT2D eigenvalue weighted by Crippen LogP contribution is 2.11. The highest BCUT2D eigenvalue weighted by atomic mass is 16.5. The lowest BCUT2D eigenvalue weighted by molar-refractivity contribution is -0.145. The average Bonchev–Trinajstić information content (AvgIpc) is 2.38. The molecular weight excluding hydrogens is 262 g/mol. The van der Waals surface area contributed by atoms with Gasteiger partial charge in [0.2, 0.25) is 11.8 Å². The quantitative estimate of drug-likeness (QED) is 0.650. The molecule has 7 heteroatoms. The second-order valence-corrected chi connectivity index (χ2v) is 5.05. The van der Waals surface area contributed by atoms with Crippen molar-refractivity contribution >= 4 is 17.8 Å². The second kappa shape index (κ2) is 7.84. The number of likely N-dealkylation sites (tertiary alicyclic amines) is 1. The Morgan fingerprint density at radius 1 is 1.20 bits per heavy atom. The lowest BCUT2D eigenvalue weighted by Gasteiger charge is -2.33. The van der Waals surface area contributed by atoms with E-state index < -0.39 is 12.0 Å². The van der Waals surface area contributed by atoms with Crippen LogP contribution in [-0.4, -0.2) is 61.5 Å². The Morgan fingerprint density at radius 3 is 2.25 bits per heavy atom. The summed E-state index contributed by atoms with van der Waals surface area (Å²) >= 11 is 0. The van der Waals surface area contributed by atoms with Gasteiger partial charge in [-0.05, 0) is 12.8 Å². The summed E-state index contributed by atoms with van der Waals surface area (Å²) in [5.41, 5.74) is 0. The van der Waals surface area contributed by atoms with E-state index in [-0.39, 0.29) is 17.9 Å². The maximum absolute atomic E-state index is 11.6. The fraction of sp³-hybridized carbons (Fsp3) is 0.769. The Labute approximate surface area is 119 Å². The Bertz CT molecular complexity index is 365. The Hall–Kier alpha value is -1.63. The zero-order valence-corrected chi connectivity index (χ0v) is 12.3. The van der Waals surface area contributed by atoms with Gasteiger partial charge < -0.3 is 20.3 Å². The van der Waals surface area contributed by atoms with E-state index in [1.807, 2.05) is 0 Å². The van der Waals surface area contributed by atoms with Crippen LogP contribution in [0.5, 0.6) is 0 Å². The zero-order valence-electron chi connectivity index (χ0n) is 12.3. The Morgan fingerprint density at radius 2 is 1.80 bits per heavy atom. The van der Waals surface area contributed by atoms with E-state index in [1.54, 1.807) is 0 Å². The topological polar surface area (TPSA) is 87.7 Å². The minimum Gasteiger partial charge on any atom is -0.467 e. The standard InChI is InChI=1S/C13H23N3O4/c1-9(17)14-11-4-6-16(7-5-11)8-12(13(19)20-3)15-10(2)18/h11-12H,4-8H2,1-3H3,(H,14,17)(H,15,18). The highest BCUT2D eigenvalue weighted by Gasteiger charge is 2.26. The SMILES string of the molecule is COC(=O)C(CN1CCC(NC(C)=O)CC1)NC(C)=O. The lowest BCUT2D eigenvalue weighted by atomic mass is 10.0. The molecule has 1 aliphatic rings. The van der Waals surface area contributed by atoms with Crippen molar-refractivity contribution in [2.75, 3.05) is 26.7 Å². The number of nitrogens with zero attached hydrogens (tertiary/aromatic N) is 1. The molecule has 0 aromatic heterocycles. The summed E-state index contributed by atoms with van der Waals surface area (Å²) in [4.78, 5) is 35.8. The maximum Gasteiger partial charge on any atom is 0.329 e. The highest BCUT2D eigenvalue weighted by molar-refractivity contribution is 5.83. The smallest absolute Gasteiger partial charge is 0.329 e. The van der Waals surface area contributed by atoms with Crippen molar-refractivity contribution < 1.29 is 19.1 Å². The third-order valence-electron chi connectivity index (χ3n) is 3.30. The van der Waals surface area contributed by atoms with Crippen LogP contribution in [0.1, 0.15) is 26.7 Å². The summed E-state index contributed by atoms with van der Waals surface area (Å²) in [5.74, 6) is -0.716. The number of nitrogens with one attached hydrogen (secondary N) is 2. The molecule has 1 aliphatic heterocycles. The van der Waals surface area contributed by atoms with Gasteiger partial charge in [0.25, 0.3) is 0 Å². The van der Waals surface area contributed by atoms with Gasteiger partial charge in [-0.3, -0.25) is 9.59 Å². The third-order valence-corrected chi connectivity index (χ3v) is 3.30. The maximum atomic E-state index is 11.6. The average molecular weight is 285 g/mol. The predicted molar refractivity (Wildman–Crippen MR) is 72.9 cm³/mol. The summed E-state index contributed by atoms with van der Waals surface area (Å²) in [5, 5.41) is 5.49. The molecule has 1 atom stereocenters. The van der Waals surface area contributed by atoms with Crippen LogP contribution >= 0.6 is 0 Å². The molecule has 114 valence electrons. The minimum atomic E-state index is -0.644.